The minimum atomic E-state index is -4.77. The van der Waals surface area contributed by atoms with E-state index in [0.717, 1.165) is 12.1 Å². The summed E-state index contributed by atoms with van der Waals surface area (Å²) in [6.45, 7) is 0. The summed E-state index contributed by atoms with van der Waals surface area (Å²) in [6, 6.07) is 14.9. The number of carbonyl (C=O) groups excluding carboxylic acids is 1. The Kier molecular flexibility index (Phi) is 4.90. The number of rotatable bonds is 4. The molecule has 0 saturated carbocycles. The topological polar surface area (TPSA) is 51.5 Å². The Balaban J connectivity index is 1.70. The molecule has 0 aliphatic carbocycles. The van der Waals surface area contributed by atoms with Crippen molar-refractivity contribution < 1.29 is 27.1 Å². The van der Waals surface area contributed by atoms with E-state index in [2.05, 4.69) is 10.1 Å². The van der Waals surface area contributed by atoms with Gasteiger partial charge in [0, 0.05) is 11.3 Å². The normalized spacial score (nSPS) is 11.2. The number of hydrogen-bond acceptors (Lipinski definition) is 3. The van der Waals surface area contributed by atoms with Gasteiger partial charge in [0.25, 0.3) is 5.91 Å². The smallest absolute Gasteiger partial charge is 0.451 e. The molecule has 3 rings (SSSR count). The molecular weight excluding hydrogens is 371 g/mol. The van der Waals surface area contributed by atoms with Gasteiger partial charge in [0.2, 0.25) is 0 Å². The fraction of sp³-hybridized carbons (Fsp3) is 0.0556. The summed E-state index contributed by atoms with van der Waals surface area (Å²) in [4.78, 5) is 12.2. The first-order valence-electron chi connectivity index (χ1n) is 7.34. The highest BCUT2D eigenvalue weighted by molar-refractivity contribution is 6.33. The lowest BCUT2D eigenvalue weighted by Gasteiger charge is -2.09. The molecule has 26 heavy (non-hydrogen) atoms. The van der Waals surface area contributed by atoms with Gasteiger partial charge in [-0.15, -0.1) is 13.2 Å². The second-order valence-electron chi connectivity index (χ2n) is 5.17. The van der Waals surface area contributed by atoms with E-state index in [-0.39, 0.29) is 11.5 Å². The van der Waals surface area contributed by atoms with Gasteiger partial charge >= 0.3 is 6.36 Å². The minimum absolute atomic E-state index is 0.0375. The summed E-state index contributed by atoms with van der Waals surface area (Å²) in [5.74, 6) is -0.465. The average Bonchev–Trinajstić information content (AvgIpc) is 3.06. The van der Waals surface area contributed by atoms with Crippen molar-refractivity contribution in [3.05, 3.63) is 71.4 Å². The number of carbonyl (C=O) groups is 1. The lowest BCUT2D eigenvalue weighted by Crippen LogP contribution is -2.17. The molecule has 0 radical (unpaired) electrons. The maximum atomic E-state index is 12.2. The number of anilines is 1. The number of furan rings is 1. The molecule has 0 aliphatic heterocycles. The van der Waals surface area contributed by atoms with E-state index < -0.39 is 12.3 Å². The molecule has 134 valence electrons. The molecule has 0 aliphatic rings. The molecule has 1 heterocycles. The molecule has 4 nitrogen and oxygen atoms in total. The first kappa shape index (κ1) is 17.9. The number of ether oxygens (including phenoxy) is 1. The summed E-state index contributed by atoms with van der Waals surface area (Å²) in [5.41, 5.74) is 0.932. The largest absolute Gasteiger partial charge is 0.573 e. The van der Waals surface area contributed by atoms with Crippen LogP contribution in [0.25, 0.3) is 11.3 Å². The van der Waals surface area contributed by atoms with Crippen LogP contribution in [-0.4, -0.2) is 12.3 Å². The fourth-order valence-corrected chi connectivity index (χ4v) is 2.43. The summed E-state index contributed by atoms with van der Waals surface area (Å²) in [5, 5.41) is 3.01. The van der Waals surface area contributed by atoms with Crippen LogP contribution in [0.15, 0.2) is 65.1 Å². The van der Waals surface area contributed by atoms with Crippen LogP contribution in [0.2, 0.25) is 5.02 Å². The number of alkyl halides is 3. The number of amides is 1. The molecule has 8 heteroatoms. The summed E-state index contributed by atoms with van der Waals surface area (Å²) < 4.78 is 45.7. The van der Waals surface area contributed by atoms with Gasteiger partial charge in [0.1, 0.15) is 11.5 Å². The van der Waals surface area contributed by atoms with Crippen LogP contribution < -0.4 is 10.1 Å². The van der Waals surface area contributed by atoms with Gasteiger partial charge in [-0.1, -0.05) is 23.7 Å². The quantitative estimate of drug-likeness (QED) is 0.626. The lowest BCUT2D eigenvalue weighted by atomic mass is 10.2. The molecule has 0 saturated heterocycles. The highest BCUT2D eigenvalue weighted by atomic mass is 35.5. The van der Waals surface area contributed by atoms with E-state index in [4.69, 9.17) is 16.0 Å². The van der Waals surface area contributed by atoms with Crippen LogP contribution in [0.1, 0.15) is 10.6 Å². The third kappa shape index (κ3) is 4.37. The standard InChI is InChI=1S/C18H11ClF3NO3/c19-14-4-2-1-3-13(14)15-9-10-16(25-15)17(24)23-11-5-7-12(8-6-11)26-18(20,21)22/h1-10H,(H,23,24). The Bertz CT molecular complexity index is 920. The van der Waals surface area contributed by atoms with E-state index in [0.29, 0.717) is 22.0 Å². The van der Waals surface area contributed by atoms with Crippen molar-refractivity contribution >= 4 is 23.2 Å². The summed E-state index contributed by atoms with van der Waals surface area (Å²) in [7, 11) is 0. The highest BCUT2D eigenvalue weighted by Gasteiger charge is 2.31. The molecule has 0 spiro atoms. The van der Waals surface area contributed by atoms with Crippen molar-refractivity contribution in [2.24, 2.45) is 0 Å². The van der Waals surface area contributed by atoms with Crippen molar-refractivity contribution in [2.45, 2.75) is 6.36 Å². The Morgan fingerprint density at radius 3 is 2.35 bits per heavy atom. The van der Waals surface area contributed by atoms with Gasteiger partial charge in [-0.2, -0.15) is 0 Å². The Labute approximate surface area is 151 Å². The number of nitrogens with one attached hydrogen (secondary N) is 1. The molecule has 1 N–H and O–H groups in total. The van der Waals surface area contributed by atoms with E-state index in [1.807, 2.05) is 0 Å². The number of halogens is 4. The van der Waals surface area contributed by atoms with Gasteiger partial charge < -0.3 is 14.5 Å². The van der Waals surface area contributed by atoms with E-state index in [1.165, 1.54) is 18.2 Å². The van der Waals surface area contributed by atoms with Gasteiger partial charge in [0.05, 0.1) is 5.02 Å². The highest BCUT2D eigenvalue weighted by Crippen LogP contribution is 2.29. The first-order chi connectivity index (χ1) is 12.3. The van der Waals surface area contributed by atoms with Crippen LogP contribution in [0.5, 0.6) is 5.75 Å². The number of benzene rings is 2. The van der Waals surface area contributed by atoms with Gasteiger partial charge in [0.15, 0.2) is 5.76 Å². The molecule has 0 bridgehead atoms. The van der Waals surface area contributed by atoms with Gasteiger partial charge in [-0.25, -0.2) is 0 Å². The Hall–Kier alpha value is -2.93. The van der Waals surface area contributed by atoms with Crippen LogP contribution in [0.4, 0.5) is 18.9 Å². The zero-order valence-corrected chi connectivity index (χ0v) is 13.8. The molecule has 0 atom stereocenters. The molecule has 1 aromatic heterocycles. The monoisotopic (exact) mass is 381 g/mol. The van der Waals surface area contributed by atoms with Crippen LogP contribution in [-0.2, 0) is 0 Å². The van der Waals surface area contributed by atoms with Crippen LogP contribution in [0, 0.1) is 0 Å². The fourth-order valence-electron chi connectivity index (χ4n) is 2.20. The van der Waals surface area contributed by atoms with Crippen molar-refractivity contribution in [2.75, 3.05) is 5.32 Å². The lowest BCUT2D eigenvalue weighted by molar-refractivity contribution is -0.274. The summed E-state index contributed by atoms with van der Waals surface area (Å²) in [6.07, 6.45) is -4.77. The Morgan fingerprint density at radius 2 is 1.69 bits per heavy atom. The van der Waals surface area contributed by atoms with Crippen LogP contribution >= 0.6 is 11.6 Å². The average molecular weight is 382 g/mol. The van der Waals surface area contributed by atoms with Crippen LogP contribution in [0.3, 0.4) is 0 Å². The van der Waals surface area contributed by atoms with Gasteiger partial charge in [-0.05, 0) is 48.5 Å². The maximum Gasteiger partial charge on any atom is 0.573 e. The van der Waals surface area contributed by atoms with Crippen molar-refractivity contribution in [1.29, 1.82) is 0 Å². The second-order valence-corrected chi connectivity index (χ2v) is 5.58. The van der Waals surface area contributed by atoms with E-state index in [1.54, 1.807) is 30.3 Å². The third-order valence-corrected chi connectivity index (χ3v) is 3.64. The predicted molar refractivity (Wildman–Crippen MR) is 90.2 cm³/mol. The minimum Gasteiger partial charge on any atom is -0.451 e. The van der Waals surface area contributed by atoms with Crippen molar-refractivity contribution in [1.82, 2.24) is 0 Å². The Morgan fingerprint density at radius 1 is 1.00 bits per heavy atom. The molecule has 0 fully saturated rings. The van der Waals surface area contributed by atoms with Crippen molar-refractivity contribution in [3.63, 3.8) is 0 Å². The first-order valence-corrected chi connectivity index (χ1v) is 7.71. The molecular formula is C18H11ClF3NO3. The van der Waals surface area contributed by atoms with Gasteiger partial charge in [-0.3, -0.25) is 4.79 Å². The molecule has 1 amide bonds. The predicted octanol–water partition coefficient (Wildman–Crippen LogP) is 5.75. The third-order valence-electron chi connectivity index (χ3n) is 3.31. The molecule has 2 aromatic carbocycles. The molecule has 0 unspecified atom stereocenters. The molecule has 3 aromatic rings. The van der Waals surface area contributed by atoms with E-state index >= 15 is 0 Å². The summed E-state index contributed by atoms with van der Waals surface area (Å²) >= 11 is 6.09. The zero-order chi connectivity index (χ0) is 18.7. The number of hydrogen-bond donors (Lipinski definition) is 1. The maximum absolute atomic E-state index is 12.2. The SMILES string of the molecule is O=C(Nc1ccc(OC(F)(F)F)cc1)c1ccc(-c2ccccc2Cl)o1. The van der Waals surface area contributed by atoms with E-state index in [9.17, 15) is 18.0 Å². The van der Waals surface area contributed by atoms with Crippen molar-refractivity contribution in [3.8, 4) is 17.1 Å². The second kappa shape index (κ2) is 7.13. The zero-order valence-electron chi connectivity index (χ0n) is 13.0.